The topological polar surface area (TPSA) is 43.4 Å². The Bertz CT molecular complexity index is 837. The van der Waals surface area contributed by atoms with Gasteiger partial charge in [-0.3, -0.25) is 0 Å². The van der Waals surface area contributed by atoms with Crippen LogP contribution >= 0.6 is 0 Å². The van der Waals surface area contributed by atoms with E-state index in [1.54, 1.807) is 0 Å². The fourth-order valence-electron chi connectivity index (χ4n) is 1.58. The van der Waals surface area contributed by atoms with Crippen LogP contribution in [0.5, 0.6) is 0 Å². The van der Waals surface area contributed by atoms with Crippen molar-refractivity contribution in [2.24, 2.45) is 0 Å². The third-order valence-electron chi connectivity index (χ3n) is 3.15. The number of hydrogen-bond donors (Lipinski definition) is 0. The average Bonchev–Trinajstić information content (AvgIpc) is 2.53. The fourth-order valence-corrected chi connectivity index (χ4v) is 2.55. The van der Waals surface area contributed by atoms with E-state index in [-0.39, 0.29) is 29.6 Å². The molecule has 30 heavy (non-hydrogen) atoms. The fraction of sp³-hybridized carbons (Fsp3) is 0.500. The van der Waals surface area contributed by atoms with Gasteiger partial charge in [-0.1, -0.05) is 18.2 Å². The summed E-state index contributed by atoms with van der Waals surface area (Å²) in [5, 5.41) is 0. The summed E-state index contributed by atoms with van der Waals surface area (Å²) in [6.07, 6.45) is -14.8. The van der Waals surface area contributed by atoms with Crippen LogP contribution in [0.4, 0.5) is 57.1 Å². The maximum atomic E-state index is 13.4. The molecule has 0 aliphatic heterocycles. The second-order valence-corrected chi connectivity index (χ2v) is 6.71. The average molecular weight is 500 g/mol. The molecule has 0 bridgehead atoms. The van der Waals surface area contributed by atoms with E-state index in [2.05, 4.69) is 4.18 Å². The molecule has 0 aromatic heterocycles. The van der Waals surface area contributed by atoms with Gasteiger partial charge in [0, 0.05) is 0 Å². The molecule has 0 saturated heterocycles. The summed E-state index contributed by atoms with van der Waals surface area (Å²) in [4.78, 5) is -1.38. The van der Waals surface area contributed by atoms with Crippen LogP contribution in [0.3, 0.4) is 0 Å². The van der Waals surface area contributed by atoms with E-state index in [4.69, 9.17) is 0 Å². The maximum absolute atomic E-state index is 13.4. The summed E-state index contributed by atoms with van der Waals surface area (Å²) < 4.78 is 192. The Morgan fingerprint density at radius 1 is 0.600 bits per heavy atom. The molecule has 0 spiro atoms. The summed E-state index contributed by atoms with van der Waals surface area (Å²) in [7, 11) is -6.09. The van der Waals surface area contributed by atoms with Crippen molar-refractivity contribution in [1.29, 1.82) is 0 Å². The van der Waals surface area contributed by atoms with E-state index in [0.717, 1.165) is 18.2 Å². The van der Waals surface area contributed by atoms with E-state index in [1.807, 2.05) is 0 Å². The monoisotopic (exact) mass is 500 g/mol. The van der Waals surface area contributed by atoms with E-state index in [1.165, 1.54) is 0 Å². The number of alkyl halides is 13. The minimum atomic E-state index is -8.15. The van der Waals surface area contributed by atoms with Crippen molar-refractivity contribution >= 4 is 39.7 Å². The van der Waals surface area contributed by atoms with E-state index >= 15 is 0 Å². The summed E-state index contributed by atoms with van der Waals surface area (Å²) in [5.74, 6) is -32.1. The predicted molar refractivity (Wildman–Crippen MR) is 72.7 cm³/mol. The molecule has 0 aliphatic carbocycles. The Hall–Kier alpha value is -0.780. The first-order valence-electron chi connectivity index (χ1n) is 6.53. The van der Waals surface area contributed by atoms with Crippen molar-refractivity contribution in [2.45, 2.75) is 40.9 Å². The van der Waals surface area contributed by atoms with Crippen LogP contribution in [-0.4, -0.2) is 74.0 Å². The van der Waals surface area contributed by atoms with Crippen molar-refractivity contribution < 1.29 is 69.7 Å². The number of benzene rings is 1. The van der Waals surface area contributed by atoms with Crippen LogP contribution in [0, 0.1) is 0 Å². The normalized spacial score (nSPS) is 15.0. The SMILES string of the molecule is O=S(=O)(OC(F)(F)C(F)(F)C(F)(F)C(F)(F)C(F)(F)C(F)(F)F)c1ccccc1.[NaH]. The second kappa shape index (κ2) is 8.29. The Labute approximate surface area is 180 Å². The van der Waals surface area contributed by atoms with Crippen LogP contribution in [-0.2, 0) is 14.3 Å². The van der Waals surface area contributed by atoms with Gasteiger partial charge in [-0.15, -0.1) is 0 Å². The van der Waals surface area contributed by atoms with Gasteiger partial charge in [-0.05, 0) is 12.1 Å². The Balaban J connectivity index is 0.00000841. The molecule has 0 N–H and O–H groups in total. The standard InChI is InChI=1S/C12H5F13O3S.Na.H/c13-7(14,9(17,18)11(21,22)23)8(15,16)10(19,20)12(24,25)28-29(26,27)6-4-2-1-3-5-6;;/h1-5H;;. The molecule has 0 aliphatic rings. The van der Waals surface area contributed by atoms with Crippen molar-refractivity contribution in [3.8, 4) is 0 Å². The third-order valence-corrected chi connectivity index (χ3v) is 4.43. The first-order chi connectivity index (χ1) is 12.6. The molecule has 170 valence electrons. The quantitative estimate of drug-likeness (QED) is 0.316. The Morgan fingerprint density at radius 2 is 0.967 bits per heavy atom. The van der Waals surface area contributed by atoms with Gasteiger partial charge < -0.3 is 0 Å². The molecule has 1 rings (SSSR count). The van der Waals surface area contributed by atoms with Gasteiger partial charge in [0.1, 0.15) is 0 Å². The van der Waals surface area contributed by atoms with Crippen LogP contribution < -0.4 is 0 Å². The molecule has 3 nitrogen and oxygen atoms in total. The first kappa shape index (κ1) is 29.2. The van der Waals surface area contributed by atoms with Gasteiger partial charge in [0.2, 0.25) is 0 Å². The molecule has 18 heteroatoms. The van der Waals surface area contributed by atoms with Crippen LogP contribution in [0.1, 0.15) is 0 Å². The zero-order chi connectivity index (χ0) is 23.3. The van der Waals surface area contributed by atoms with Crippen LogP contribution in [0.15, 0.2) is 35.2 Å². The van der Waals surface area contributed by atoms with Gasteiger partial charge in [-0.25, -0.2) is 0 Å². The van der Waals surface area contributed by atoms with Gasteiger partial charge in [0.05, 0.1) is 4.90 Å². The molecule has 1 aromatic rings. The summed E-state index contributed by atoms with van der Waals surface area (Å²) in [6.45, 7) is 0. The first-order valence-corrected chi connectivity index (χ1v) is 7.93. The summed E-state index contributed by atoms with van der Waals surface area (Å²) >= 11 is 0. The van der Waals surface area contributed by atoms with Gasteiger partial charge in [0.25, 0.3) is 0 Å². The van der Waals surface area contributed by atoms with E-state index < -0.39 is 51.0 Å². The molecule has 0 heterocycles. The number of halogens is 13. The van der Waals surface area contributed by atoms with Crippen molar-refractivity contribution in [2.75, 3.05) is 0 Å². The molecule has 1 aromatic carbocycles. The molecule has 0 fully saturated rings. The van der Waals surface area contributed by atoms with Crippen molar-refractivity contribution in [1.82, 2.24) is 0 Å². The molecule has 0 atom stereocenters. The number of hydrogen-bond acceptors (Lipinski definition) is 3. The molecular formula is C12H6F13NaO3S. The second-order valence-electron chi connectivity index (χ2n) is 5.16. The van der Waals surface area contributed by atoms with Crippen LogP contribution in [0.25, 0.3) is 0 Å². The van der Waals surface area contributed by atoms with Crippen molar-refractivity contribution in [3.63, 3.8) is 0 Å². The zero-order valence-corrected chi connectivity index (χ0v) is 13.7. The summed E-state index contributed by atoms with van der Waals surface area (Å²) in [6, 6.07) is 3.43. The van der Waals surface area contributed by atoms with Gasteiger partial charge in [-0.2, -0.15) is 69.7 Å². The molecule has 0 saturated carbocycles. The molecule has 0 radical (unpaired) electrons. The van der Waals surface area contributed by atoms with E-state index in [0.29, 0.717) is 12.1 Å². The van der Waals surface area contributed by atoms with Crippen molar-refractivity contribution in [3.05, 3.63) is 30.3 Å². The third kappa shape index (κ3) is 4.54. The Kier molecular flexibility index (Phi) is 8.07. The summed E-state index contributed by atoms with van der Waals surface area (Å²) in [5.41, 5.74) is 0. The molecular weight excluding hydrogens is 494 g/mol. The Morgan fingerprint density at radius 3 is 1.33 bits per heavy atom. The zero-order valence-electron chi connectivity index (χ0n) is 12.9. The molecule has 0 amide bonds. The molecule has 0 unspecified atom stereocenters. The van der Waals surface area contributed by atoms with E-state index in [9.17, 15) is 65.5 Å². The predicted octanol–water partition coefficient (Wildman–Crippen LogP) is 4.44. The number of rotatable bonds is 7. The van der Waals surface area contributed by atoms with Crippen LogP contribution in [0.2, 0.25) is 0 Å². The van der Waals surface area contributed by atoms with Gasteiger partial charge >= 0.3 is 75.7 Å². The minimum absolute atomic E-state index is 0. The van der Waals surface area contributed by atoms with Gasteiger partial charge in [0.15, 0.2) is 0 Å².